The Balaban J connectivity index is 1.78. The smallest absolute Gasteiger partial charge is 0.320 e. The van der Waals surface area contributed by atoms with Gasteiger partial charge in [0, 0.05) is 29.7 Å². The fraction of sp³-hybridized carbons (Fsp3) is 0.476. The van der Waals surface area contributed by atoms with Crippen LogP contribution >= 0.6 is 0 Å². The number of rotatable bonds is 2. The van der Waals surface area contributed by atoms with Crippen LogP contribution in [-0.2, 0) is 16.0 Å². The number of hydroxylamine groups is 3. The summed E-state index contributed by atoms with van der Waals surface area (Å²) >= 11 is 0. The van der Waals surface area contributed by atoms with Crippen LogP contribution in [0, 0.1) is 16.5 Å². The molecule has 2 aromatic rings. The van der Waals surface area contributed by atoms with Crippen LogP contribution in [0.3, 0.4) is 0 Å². The molecule has 6 rings (SSSR count). The average molecular weight is 368 g/mol. The number of nitrogens with one attached hydrogen (secondary N) is 1. The van der Waals surface area contributed by atoms with E-state index in [9.17, 15) is 15.1 Å². The number of nitrogens with zero attached hydrogens (tertiary/aromatic N) is 1. The summed E-state index contributed by atoms with van der Waals surface area (Å²) < 4.78 is 4.66. The van der Waals surface area contributed by atoms with E-state index in [1.807, 2.05) is 31.2 Å². The maximum atomic E-state index is 14.2. The number of methoxy groups -OCH3 is 1. The van der Waals surface area contributed by atoms with Crippen LogP contribution in [-0.4, -0.2) is 47.0 Å². The number of aromatic amines is 1. The molecular formula is C21H24N2O4. The average Bonchev–Trinajstić information content (AvgIpc) is 3.05. The van der Waals surface area contributed by atoms with Gasteiger partial charge in [-0.05, 0) is 24.1 Å². The van der Waals surface area contributed by atoms with Gasteiger partial charge in [0.1, 0.15) is 24.0 Å². The minimum Gasteiger partial charge on any atom is -0.632 e. The minimum absolute atomic E-state index is 0.163. The number of hydrogen-bond acceptors (Lipinski definition) is 4. The quantitative estimate of drug-likeness (QED) is 0.369. The van der Waals surface area contributed by atoms with Gasteiger partial charge in [-0.1, -0.05) is 24.3 Å². The van der Waals surface area contributed by atoms with Crippen LogP contribution in [0.5, 0.6) is 0 Å². The number of H-pyrrole nitrogens is 1. The van der Waals surface area contributed by atoms with Crippen molar-refractivity contribution in [3.8, 4) is 0 Å². The maximum Gasteiger partial charge on any atom is 0.320 e. The molecule has 1 aromatic heterocycles. The molecule has 3 saturated heterocycles. The van der Waals surface area contributed by atoms with Gasteiger partial charge in [-0.15, -0.1) is 0 Å². The van der Waals surface area contributed by atoms with Crippen molar-refractivity contribution < 1.29 is 19.3 Å². The van der Waals surface area contributed by atoms with E-state index >= 15 is 0 Å². The summed E-state index contributed by atoms with van der Waals surface area (Å²) in [6.07, 6.45) is 2.97. The number of benzene rings is 1. The maximum absolute atomic E-state index is 14.2. The highest BCUT2D eigenvalue weighted by Crippen LogP contribution is 2.63. The molecular weight excluding hydrogens is 344 g/mol. The molecule has 27 heavy (non-hydrogen) atoms. The SMILES string of the molecule is C/C=C1/C[N+]2([O-])[C@H]3C[C@@H]1C(CO)(C(=O)OC)[C@@H]2Cc1c3[nH]c2ccccc12. The van der Waals surface area contributed by atoms with Gasteiger partial charge in [0.05, 0.1) is 19.4 Å². The Bertz CT molecular complexity index is 980. The lowest BCUT2D eigenvalue weighted by Crippen LogP contribution is -2.76. The fourth-order valence-electron chi connectivity index (χ4n) is 6.18. The van der Waals surface area contributed by atoms with Crippen molar-refractivity contribution in [3.63, 3.8) is 0 Å². The predicted molar refractivity (Wildman–Crippen MR) is 100 cm³/mol. The Morgan fingerprint density at radius 3 is 2.96 bits per heavy atom. The number of quaternary nitrogens is 1. The number of aliphatic hydroxyl groups is 1. The molecule has 6 heteroatoms. The number of carbonyl (C=O) groups excluding carboxylic acids is 1. The van der Waals surface area contributed by atoms with Crippen LogP contribution in [0.4, 0.5) is 0 Å². The molecule has 142 valence electrons. The first-order valence-electron chi connectivity index (χ1n) is 9.53. The van der Waals surface area contributed by atoms with E-state index in [-0.39, 0.29) is 18.6 Å². The summed E-state index contributed by atoms with van der Waals surface area (Å²) in [5, 5.41) is 25.8. The topological polar surface area (TPSA) is 85.4 Å². The van der Waals surface area contributed by atoms with Gasteiger partial charge in [0.2, 0.25) is 0 Å². The number of fused-ring (bicyclic) bond motifs is 4. The van der Waals surface area contributed by atoms with Crippen LogP contribution < -0.4 is 0 Å². The van der Waals surface area contributed by atoms with E-state index in [1.54, 1.807) is 0 Å². The highest BCUT2D eigenvalue weighted by molar-refractivity contribution is 5.86. The fourth-order valence-corrected chi connectivity index (χ4v) is 6.18. The summed E-state index contributed by atoms with van der Waals surface area (Å²) in [5.41, 5.74) is 2.95. The molecule has 5 atom stereocenters. The number of esters is 1. The molecule has 3 fully saturated rings. The summed E-state index contributed by atoms with van der Waals surface area (Å²) in [4.78, 5) is 16.5. The Hall–Kier alpha value is -2.15. The Kier molecular flexibility index (Phi) is 3.42. The molecule has 0 aliphatic carbocycles. The Morgan fingerprint density at radius 1 is 1.48 bits per heavy atom. The van der Waals surface area contributed by atoms with Gasteiger partial charge in [0.25, 0.3) is 0 Å². The van der Waals surface area contributed by atoms with E-state index < -0.39 is 22.1 Å². The van der Waals surface area contributed by atoms with E-state index in [1.165, 1.54) is 7.11 Å². The zero-order valence-corrected chi connectivity index (χ0v) is 15.6. The van der Waals surface area contributed by atoms with Crippen LogP contribution in [0.1, 0.15) is 30.6 Å². The molecule has 4 aliphatic rings. The first kappa shape index (κ1) is 17.0. The zero-order chi connectivity index (χ0) is 19.0. The Labute approximate surface area is 157 Å². The number of hydrogen-bond donors (Lipinski definition) is 2. The van der Waals surface area contributed by atoms with E-state index in [2.05, 4.69) is 11.1 Å². The standard InChI is InChI=1S/C21H24N2O4/c1-3-12-10-23(26)17-9-15(12)21(11-24,20(25)27-2)18(23)8-14-13-6-4-5-7-16(13)22-19(14)17/h3-7,15,17-18,22,24H,8-11H2,1-2H3/b12-3-/t15-,17-,18-,21?,23?/m0/s1. The van der Waals surface area contributed by atoms with Crippen molar-refractivity contribution in [1.82, 2.24) is 4.98 Å². The van der Waals surface area contributed by atoms with Crippen molar-refractivity contribution in [1.29, 1.82) is 0 Å². The van der Waals surface area contributed by atoms with Crippen LogP contribution in [0.2, 0.25) is 0 Å². The first-order chi connectivity index (χ1) is 13.0. The third-order valence-corrected chi connectivity index (χ3v) is 7.38. The lowest BCUT2D eigenvalue weighted by molar-refractivity contribution is -0.955. The lowest BCUT2D eigenvalue weighted by Gasteiger charge is -2.69. The summed E-state index contributed by atoms with van der Waals surface area (Å²) in [6.45, 7) is 1.93. The van der Waals surface area contributed by atoms with Crippen LogP contribution in [0.25, 0.3) is 10.9 Å². The molecule has 2 N–H and O–H groups in total. The van der Waals surface area contributed by atoms with E-state index in [0.29, 0.717) is 19.4 Å². The van der Waals surface area contributed by atoms with Gasteiger partial charge in [-0.3, -0.25) is 4.79 Å². The van der Waals surface area contributed by atoms with E-state index in [0.717, 1.165) is 27.7 Å². The number of para-hydroxylation sites is 1. The number of aliphatic hydroxyl groups excluding tert-OH is 1. The zero-order valence-electron chi connectivity index (χ0n) is 15.6. The lowest BCUT2D eigenvalue weighted by atomic mass is 9.54. The second-order valence-electron chi connectivity index (χ2n) is 8.15. The molecule has 6 nitrogen and oxygen atoms in total. The van der Waals surface area contributed by atoms with Crippen molar-refractivity contribution in [2.45, 2.75) is 31.8 Å². The number of ether oxygens (including phenoxy) is 1. The second-order valence-corrected chi connectivity index (χ2v) is 8.15. The third-order valence-electron chi connectivity index (χ3n) is 7.38. The molecule has 2 unspecified atom stereocenters. The Morgan fingerprint density at radius 2 is 2.26 bits per heavy atom. The van der Waals surface area contributed by atoms with Crippen molar-refractivity contribution in [2.24, 2.45) is 11.3 Å². The third kappa shape index (κ3) is 1.83. The van der Waals surface area contributed by atoms with Gasteiger partial charge >= 0.3 is 5.97 Å². The molecule has 0 amide bonds. The number of carbonyl (C=O) groups is 1. The highest BCUT2D eigenvalue weighted by atomic mass is 16.6. The molecule has 0 spiro atoms. The van der Waals surface area contributed by atoms with Crippen molar-refractivity contribution in [3.05, 3.63) is 52.4 Å². The monoisotopic (exact) mass is 368 g/mol. The number of aromatic nitrogens is 1. The van der Waals surface area contributed by atoms with Gasteiger partial charge < -0.3 is 24.7 Å². The van der Waals surface area contributed by atoms with Gasteiger partial charge in [-0.2, -0.15) is 0 Å². The molecule has 5 heterocycles. The van der Waals surface area contributed by atoms with Gasteiger partial charge in [0.15, 0.2) is 0 Å². The minimum atomic E-state index is -1.18. The number of piperidine rings is 3. The van der Waals surface area contributed by atoms with E-state index in [4.69, 9.17) is 4.74 Å². The highest BCUT2D eigenvalue weighted by Gasteiger charge is 2.70. The normalized spacial score (nSPS) is 38.2. The second kappa shape index (κ2) is 5.44. The van der Waals surface area contributed by atoms with Gasteiger partial charge in [-0.25, -0.2) is 0 Å². The summed E-state index contributed by atoms with van der Waals surface area (Å²) in [7, 11) is 1.35. The molecule has 0 saturated carbocycles. The summed E-state index contributed by atoms with van der Waals surface area (Å²) in [6, 6.07) is 7.29. The first-order valence-corrected chi connectivity index (χ1v) is 9.53. The van der Waals surface area contributed by atoms with Crippen molar-refractivity contribution >= 4 is 16.9 Å². The molecule has 4 aliphatic heterocycles. The van der Waals surface area contributed by atoms with Crippen LogP contribution in [0.15, 0.2) is 35.9 Å². The molecule has 1 aromatic carbocycles. The van der Waals surface area contributed by atoms with Crippen molar-refractivity contribution in [2.75, 3.05) is 20.3 Å². The molecule has 4 bridgehead atoms. The predicted octanol–water partition coefficient (Wildman–Crippen LogP) is 2.58. The summed E-state index contributed by atoms with van der Waals surface area (Å²) in [5.74, 6) is -0.623. The number of allylic oxidation sites excluding steroid dienone is 1. The largest absolute Gasteiger partial charge is 0.632 e. The molecule has 0 radical (unpaired) electrons.